The summed E-state index contributed by atoms with van der Waals surface area (Å²) in [6.07, 6.45) is 0. The molecule has 0 unspecified atom stereocenters. The number of carbonyl (C=O) groups is 2. The van der Waals surface area contributed by atoms with E-state index in [0.717, 1.165) is 11.1 Å². The van der Waals surface area contributed by atoms with Crippen molar-refractivity contribution in [3.05, 3.63) is 53.6 Å². The van der Waals surface area contributed by atoms with Gasteiger partial charge in [0.05, 0.1) is 12.5 Å². The van der Waals surface area contributed by atoms with E-state index in [1.165, 1.54) is 6.92 Å². The van der Waals surface area contributed by atoms with Crippen LogP contribution in [-0.2, 0) is 15.0 Å². The molecule has 0 saturated heterocycles. The molecule has 2 aromatic rings. The summed E-state index contributed by atoms with van der Waals surface area (Å²) in [6, 6.07) is 12.9. The van der Waals surface area contributed by atoms with Gasteiger partial charge < -0.3 is 15.4 Å². The van der Waals surface area contributed by atoms with Gasteiger partial charge in [0.15, 0.2) is 0 Å². The third-order valence-electron chi connectivity index (χ3n) is 4.15. The Kier molecular flexibility index (Phi) is 5.47. The molecule has 0 atom stereocenters. The Morgan fingerprint density at radius 1 is 1.04 bits per heavy atom. The summed E-state index contributed by atoms with van der Waals surface area (Å²) in [5, 5.41) is 5.69. The van der Waals surface area contributed by atoms with E-state index in [9.17, 15) is 9.59 Å². The van der Waals surface area contributed by atoms with Gasteiger partial charge >= 0.3 is 0 Å². The van der Waals surface area contributed by atoms with E-state index >= 15 is 0 Å². The number of aryl methyl sites for hydroxylation is 1. The van der Waals surface area contributed by atoms with Crippen LogP contribution in [0.3, 0.4) is 0 Å². The van der Waals surface area contributed by atoms with E-state index in [2.05, 4.69) is 10.6 Å². The van der Waals surface area contributed by atoms with E-state index < -0.39 is 5.41 Å². The maximum absolute atomic E-state index is 12.9. The first-order valence-electron chi connectivity index (χ1n) is 8.09. The summed E-state index contributed by atoms with van der Waals surface area (Å²) < 4.78 is 5.39. The lowest BCUT2D eigenvalue weighted by molar-refractivity contribution is -0.120. The highest BCUT2D eigenvalue weighted by Gasteiger charge is 2.32. The van der Waals surface area contributed by atoms with Gasteiger partial charge in [0.1, 0.15) is 5.75 Å². The van der Waals surface area contributed by atoms with Gasteiger partial charge in [0, 0.05) is 23.9 Å². The summed E-state index contributed by atoms with van der Waals surface area (Å²) in [5.41, 5.74) is 2.25. The predicted octanol–water partition coefficient (Wildman–Crippen LogP) is 3.88. The summed E-state index contributed by atoms with van der Waals surface area (Å²) in [4.78, 5) is 24.2. The molecule has 0 aliphatic carbocycles. The van der Waals surface area contributed by atoms with Crippen LogP contribution in [0.5, 0.6) is 5.75 Å². The zero-order valence-electron chi connectivity index (χ0n) is 15.3. The number of benzene rings is 2. The molecule has 2 rings (SSSR count). The number of hydrogen-bond donors (Lipinski definition) is 2. The second-order valence-electron chi connectivity index (χ2n) is 6.49. The van der Waals surface area contributed by atoms with Crippen molar-refractivity contribution in [2.45, 2.75) is 33.1 Å². The average Bonchev–Trinajstić information content (AvgIpc) is 2.57. The highest BCUT2D eigenvalue weighted by molar-refractivity contribution is 6.00. The quantitative estimate of drug-likeness (QED) is 0.868. The minimum atomic E-state index is -0.789. The van der Waals surface area contributed by atoms with Crippen LogP contribution in [0, 0.1) is 6.92 Å². The maximum atomic E-state index is 12.9. The van der Waals surface area contributed by atoms with Crippen LogP contribution >= 0.6 is 0 Å². The number of anilines is 2. The van der Waals surface area contributed by atoms with E-state index in [1.54, 1.807) is 19.2 Å². The number of hydrogen-bond acceptors (Lipinski definition) is 3. The Morgan fingerprint density at radius 3 is 2.36 bits per heavy atom. The first-order chi connectivity index (χ1) is 11.8. The summed E-state index contributed by atoms with van der Waals surface area (Å²) >= 11 is 0. The molecule has 2 amide bonds. The molecule has 0 heterocycles. The molecule has 25 heavy (non-hydrogen) atoms. The van der Waals surface area contributed by atoms with Gasteiger partial charge in [-0.15, -0.1) is 0 Å². The predicted molar refractivity (Wildman–Crippen MR) is 100 cm³/mol. The fourth-order valence-corrected chi connectivity index (χ4v) is 2.60. The van der Waals surface area contributed by atoms with E-state index in [1.807, 2.05) is 51.1 Å². The molecule has 0 fully saturated rings. The van der Waals surface area contributed by atoms with Crippen LogP contribution in [0.1, 0.15) is 31.9 Å². The normalized spacial score (nSPS) is 10.9. The van der Waals surface area contributed by atoms with Gasteiger partial charge in [-0.2, -0.15) is 0 Å². The van der Waals surface area contributed by atoms with E-state index in [4.69, 9.17) is 4.74 Å². The summed E-state index contributed by atoms with van der Waals surface area (Å²) in [6.45, 7) is 7.06. The average molecular weight is 340 g/mol. The molecule has 0 saturated carbocycles. The molecule has 5 heteroatoms. The maximum Gasteiger partial charge on any atom is 0.234 e. The zero-order chi connectivity index (χ0) is 18.6. The first kappa shape index (κ1) is 18.5. The van der Waals surface area contributed by atoms with Crippen LogP contribution < -0.4 is 15.4 Å². The number of nitrogens with one attached hydrogen (secondary N) is 2. The largest absolute Gasteiger partial charge is 0.496 e. The highest BCUT2D eigenvalue weighted by atomic mass is 16.5. The van der Waals surface area contributed by atoms with Crippen molar-refractivity contribution in [2.75, 3.05) is 17.7 Å². The molecule has 0 aromatic heterocycles. The van der Waals surface area contributed by atoms with Gasteiger partial charge in [0.25, 0.3) is 0 Å². The second-order valence-corrected chi connectivity index (χ2v) is 6.49. The third-order valence-corrected chi connectivity index (χ3v) is 4.15. The van der Waals surface area contributed by atoms with Crippen LogP contribution in [0.25, 0.3) is 0 Å². The van der Waals surface area contributed by atoms with E-state index in [0.29, 0.717) is 17.1 Å². The molecule has 5 nitrogen and oxygen atoms in total. The molecule has 0 radical (unpaired) electrons. The first-order valence-corrected chi connectivity index (χ1v) is 8.09. The Balaban J connectivity index is 2.30. The van der Waals surface area contributed by atoms with Crippen LogP contribution in [0.2, 0.25) is 0 Å². The van der Waals surface area contributed by atoms with Crippen molar-refractivity contribution in [3.63, 3.8) is 0 Å². The molecule has 2 N–H and O–H groups in total. The lowest BCUT2D eigenvalue weighted by Crippen LogP contribution is -2.35. The molecule has 0 bridgehead atoms. The molecule has 132 valence electrons. The summed E-state index contributed by atoms with van der Waals surface area (Å²) in [7, 11) is 1.59. The van der Waals surface area contributed by atoms with Gasteiger partial charge in [0.2, 0.25) is 11.8 Å². The molecular formula is C20H24N2O3. The molecule has 0 aliphatic heterocycles. The van der Waals surface area contributed by atoms with Crippen molar-refractivity contribution in [1.29, 1.82) is 0 Å². The zero-order valence-corrected chi connectivity index (χ0v) is 15.3. The number of para-hydroxylation sites is 1. The monoisotopic (exact) mass is 340 g/mol. The number of ether oxygens (including phenoxy) is 1. The van der Waals surface area contributed by atoms with Crippen molar-refractivity contribution in [2.24, 2.45) is 0 Å². The molecule has 0 aliphatic rings. The Morgan fingerprint density at radius 2 is 1.72 bits per heavy atom. The molecule has 2 aromatic carbocycles. The van der Waals surface area contributed by atoms with Crippen LogP contribution in [-0.4, -0.2) is 18.9 Å². The summed E-state index contributed by atoms with van der Waals surface area (Å²) in [5.74, 6) is 0.363. The minimum absolute atomic E-state index is 0.153. The number of rotatable bonds is 5. The van der Waals surface area contributed by atoms with Gasteiger partial charge in [-0.3, -0.25) is 9.59 Å². The van der Waals surface area contributed by atoms with Crippen molar-refractivity contribution in [1.82, 2.24) is 0 Å². The van der Waals surface area contributed by atoms with Crippen molar-refractivity contribution in [3.8, 4) is 5.75 Å². The van der Waals surface area contributed by atoms with Crippen LogP contribution in [0.15, 0.2) is 42.5 Å². The number of carbonyl (C=O) groups excluding carboxylic acids is 2. The fraction of sp³-hybridized carbons (Fsp3) is 0.300. The topological polar surface area (TPSA) is 67.4 Å². The van der Waals surface area contributed by atoms with Crippen molar-refractivity contribution < 1.29 is 14.3 Å². The highest BCUT2D eigenvalue weighted by Crippen LogP contribution is 2.33. The van der Waals surface area contributed by atoms with E-state index in [-0.39, 0.29) is 11.8 Å². The number of amides is 2. The third kappa shape index (κ3) is 4.18. The smallest absolute Gasteiger partial charge is 0.234 e. The lowest BCUT2D eigenvalue weighted by atomic mass is 9.83. The number of methoxy groups -OCH3 is 1. The second kappa shape index (κ2) is 7.38. The Hall–Kier alpha value is -2.82. The molecular weight excluding hydrogens is 316 g/mol. The van der Waals surface area contributed by atoms with Crippen molar-refractivity contribution >= 4 is 23.2 Å². The lowest BCUT2D eigenvalue weighted by Gasteiger charge is -2.26. The van der Waals surface area contributed by atoms with Gasteiger partial charge in [-0.25, -0.2) is 0 Å². The van der Waals surface area contributed by atoms with Crippen LogP contribution in [0.4, 0.5) is 11.4 Å². The molecule has 0 spiro atoms. The minimum Gasteiger partial charge on any atom is -0.496 e. The standard InChI is InChI=1S/C20H24N2O3/c1-13-10-11-15(21-14(2)23)12-17(13)22-19(24)20(3,4)16-8-6-7-9-18(16)25-5/h6-12H,1-5H3,(H,21,23)(H,22,24). The van der Waals surface area contributed by atoms with Gasteiger partial charge in [-0.05, 0) is 44.5 Å². The Bertz CT molecular complexity index is 797. The Labute approximate surface area is 148 Å². The SMILES string of the molecule is COc1ccccc1C(C)(C)C(=O)Nc1cc(NC(C)=O)ccc1C. The van der Waals surface area contributed by atoms with Gasteiger partial charge in [-0.1, -0.05) is 24.3 Å². The fourth-order valence-electron chi connectivity index (χ4n) is 2.60.